The number of carbonyl (C=O) groups is 1. The third-order valence-electron chi connectivity index (χ3n) is 4.93. The number of benzene rings is 1. The summed E-state index contributed by atoms with van der Waals surface area (Å²) in [6.07, 6.45) is 5.45. The van der Waals surface area contributed by atoms with Gasteiger partial charge in [0, 0.05) is 11.6 Å². The predicted octanol–water partition coefficient (Wildman–Crippen LogP) is 3.94. The molecule has 2 aromatic rings. The van der Waals surface area contributed by atoms with Crippen LogP contribution in [0, 0.1) is 5.92 Å². The Kier molecular flexibility index (Phi) is 3.56. The lowest BCUT2D eigenvalue weighted by Crippen LogP contribution is -2.29. The van der Waals surface area contributed by atoms with E-state index in [4.69, 9.17) is 4.74 Å². The summed E-state index contributed by atoms with van der Waals surface area (Å²) < 4.78 is 5.79. The predicted molar refractivity (Wildman–Crippen MR) is 91.7 cm³/mol. The summed E-state index contributed by atoms with van der Waals surface area (Å²) in [4.78, 5) is 14.2. The van der Waals surface area contributed by atoms with Gasteiger partial charge in [0.2, 0.25) is 0 Å². The molecule has 0 spiro atoms. The van der Waals surface area contributed by atoms with Crippen molar-refractivity contribution in [3.05, 3.63) is 59.4 Å². The van der Waals surface area contributed by atoms with Crippen LogP contribution in [0.1, 0.15) is 47.1 Å². The molecule has 1 aliphatic heterocycles. The molecule has 0 saturated heterocycles. The van der Waals surface area contributed by atoms with Gasteiger partial charge in [0.05, 0.1) is 18.3 Å². The van der Waals surface area contributed by atoms with Crippen LogP contribution in [-0.4, -0.2) is 22.7 Å². The third-order valence-corrected chi connectivity index (χ3v) is 4.93. The fourth-order valence-electron chi connectivity index (χ4n) is 3.89. The van der Waals surface area contributed by atoms with E-state index in [1.807, 2.05) is 25.1 Å². The van der Waals surface area contributed by atoms with Gasteiger partial charge in [-0.3, -0.25) is 0 Å². The third kappa shape index (κ3) is 2.28. The molecule has 0 amide bonds. The van der Waals surface area contributed by atoms with Crippen molar-refractivity contribution in [2.45, 2.75) is 25.3 Å². The number of aromatic amines is 1. The van der Waals surface area contributed by atoms with Gasteiger partial charge in [0.25, 0.3) is 0 Å². The number of carboxylic acids is 1. The number of hydrogen-bond acceptors (Lipinski definition) is 3. The molecule has 1 aromatic heterocycles. The van der Waals surface area contributed by atoms with Crippen molar-refractivity contribution in [3.63, 3.8) is 0 Å². The maximum absolute atomic E-state index is 11.2. The number of allylic oxidation sites excluding steroid dienone is 2. The number of aromatic nitrogens is 1. The number of hydrogen-bond donors (Lipinski definition) is 3. The quantitative estimate of drug-likeness (QED) is 0.745. The van der Waals surface area contributed by atoms with Gasteiger partial charge in [-0.25, -0.2) is 4.79 Å². The largest absolute Gasteiger partial charge is 0.492 e. The molecule has 4 rings (SSSR count). The van der Waals surface area contributed by atoms with Gasteiger partial charge in [-0.15, -0.1) is 0 Å². The number of para-hydroxylation sites is 1. The van der Waals surface area contributed by atoms with Crippen LogP contribution in [-0.2, 0) is 0 Å². The Bertz CT molecular complexity index is 809. The second kappa shape index (κ2) is 5.74. The molecule has 124 valence electrons. The molecule has 0 radical (unpaired) electrons. The smallest absolute Gasteiger partial charge is 0.352 e. The minimum atomic E-state index is -0.937. The average Bonchev–Trinajstić information content (AvgIpc) is 3.24. The molecule has 2 heterocycles. The van der Waals surface area contributed by atoms with Crippen molar-refractivity contribution in [2.75, 3.05) is 11.9 Å². The number of aromatic carboxylic acids is 1. The lowest BCUT2D eigenvalue weighted by atomic mass is 9.78. The second-order valence-corrected chi connectivity index (χ2v) is 6.26. The Morgan fingerprint density at radius 1 is 1.33 bits per heavy atom. The zero-order chi connectivity index (χ0) is 16.7. The van der Waals surface area contributed by atoms with Gasteiger partial charge in [-0.2, -0.15) is 0 Å². The first-order valence-corrected chi connectivity index (χ1v) is 8.30. The molecule has 1 aromatic carbocycles. The fraction of sp³-hybridized carbons (Fsp3) is 0.316. The van der Waals surface area contributed by atoms with Gasteiger partial charge >= 0.3 is 5.97 Å². The Hall–Kier alpha value is -2.69. The maximum Gasteiger partial charge on any atom is 0.352 e. The van der Waals surface area contributed by atoms with Crippen LogP contribution in [0.15, 0.2) is 42.5 Å². The number of ether oxygens (including phenoxy) is 1. The zero-order valence-corrected chi connectivity index (χ0v) is 13.5. The Morgan fingerprint density at radius 3 is 2.96 bits per heavy atom. The lowest BCUT2D eigenvalue weighted by Gasteiger charge is -2.37. The first-order valence-electron chi connectivity index (χ1n) is 8.30. The van der Waals surface area contributed by atoms with Crippen LogP contribution in [0.4, 0.5) is 5.69 Å². The Balaban J connectivity index is 1.76. The van der Waals surface area contributed by atoms with Gasteiger partial charge < -0.3 is 20.1 Å². The Morgan fingerprint density at radius 2 is 2.21 bits per heavy atom. The summed E-state index contributed by atoms with van der Waals surface area (Å²) >= 11 is 0. The maximum atomic E-state index is 11.2. The first kappa shape index (κ1) is 14.9. The topological polar surface area (TPSA) is 74.3 Å². The number of rotatable bonds is 4. The van der Waals surface area contributed by atoms with Crippen LogP contribution in [0.25, 0.3) is 0 Å². The molecule has 5 nitrogen and oxygen atoms in total. The van der Waals surface area contributed by atoms with Crippen LogP contribution in [0.5, 0.6) is 5.75 Å². The molecule has 0 unspecified atom stereocenters. The molecule has 2 aliphatic rings. The van der Waals surface area contributed by atoms with Crippen LogP contribution < -0.4 is 10.1 Å². The van der Waals surface area contributed by atoms with Crippen LogP contribution in [0.3, 0.4) is 0 Å². The highest BCUT2D eigenvalue weighted by molar-refractivity contribution is 5.85. The average molecular weight is 324 g/mol. The van der Waals surface area contributed by atoms with E-state index in [0.29, 0.717) is 18.4 Å². The molecular formula is C19H20N2O3. The van der Waals surface area contributed by atoms with Crippen molar-refractivity contribution in [2.24, 2.45) is 5.92 Å². The van der Waals surface area contributed by atoms with Crippen molar-refractivity contribution in [3.8, 4) is 5.75 Å². The van der Waals surface area contributed by atoms with Gasteiger partial charge in [-0.1, -0.05) is 24.3 Å². The van der Waals surface area contributed by atoms with E-state index in [0.717, 1.165) is 23.6 Å². The van der Waals surface area contributed by atoms with Crippen molar-refractivity contribution in [1.29, 1.82) is 0 Å². The number of fused-ring (bicyclic) bond motifs is 3. The van der Waals surface area contributed by atoms with Crippen molar-refractivity contribution >= 4 is 11.7 Å². The zero-order valence-electron chi connectivity index (χ0n) is 13.5. The van der Waals surface area contributed by atoms with Gasteiger partial charge in [0.15, 0.2) is 0 Å². The number of nitrogens with one attached hydrogen (secondary N) is 2. The highest BCUT2D eigenvalue weighted by atomic mass is 16.5. The minimum Gasteiger partial charge on any atom is -0.492 e. The number of anilines is 1. The van der Waals surface area contributed by atoms with Crippen LogP contribution in [0.2, 0.25) is 0 Å². The SMILES string of the molecule is CCOc1cccc2c1N[C@@H](c1ccc(C(=O)O)[nH]1)[C@H]1CC=C[C@@H]21. The molecule has 1 aliphatic carbocycles. The van der Waals surface area contributed by atoms with E-state index >= 15 is 0 Å². The highest BCUT2D eigenvalue weighted by Crippen LogP contribution is 2.51. The monoisotopic (exact) mass is 324 g/mol. The summed E-state index contributed by atoms with van der Waals surface area (Å²) in [6.45, 7) is 2.58. The van der Waals surface area contributed by atoms with Crippen LogP contribution >= 0.6 is 0 Å². The van der Waals surface area contributed by atoms with E-state index in [2.05, 4.69) is 28.5 Å². The summed E-state index contributed by atoms with van der Waals surface area (Å²) in [5.74, 6) is 0.607. The normalized spacial score (nSPS) is 24.1. The van der Waals surface area contributed by atoms with E-state index in [1.165, 1.54) is 5.56 Å². The lowest BCUT2D eigenvalue weighted by molar-refractivity contribution is 0.0691. The summed E-state index contributed by atoms with van der Waals surface area (Å²) in [7, 11) is 0. The molecule has 3 N–H and O–H groups in total. The molecule has 0 saturated carbocycles. The second-order valence-electron chi connectivity index (χ2n) is 6.26. The van der Waals surface area contributed by atoms with E-state index in [9.17, 15) is 9.90 Å². The van der Waals surface area contributed by atoms with Crippen molar-refractivity contribution in [1.82, 2.24) is 4.98 Å². The van der Waals surface area contributed by atoms with Gasteiger partial charge in [0.1, 0.15) is 11.4 Å². The number of carboxylic acid groups (broad SMARTS) is 1. The van der Waals surface area contributed by atoms with Gasteiger partial charge in [-0.05, 0) is 43.0 Å². The minimum absolute atomic E-state index is 0.0345. The molecular weight excluding hydrogens is 304 g/mol. The molecule has 0 bridgehead atoms. The number of H-pyrrole nitrogens is 1. The molecule has 3 atom stereocenters. The molecule has 24 heavy (non-hydrogen) atoms. The van der Waals surface area contributed by atoms with E-state index in [1.54, 1.807) is 6.07 Å². The highest BCUT2D eigenvalue weighted by Gasteiger charge is 2.39. The fourth-order valence-corrected chi connectivity index (χ4v) is 3.89. The van der Waals surface area contributed by atoms with E-state index in [-0.39, 0.29) is 11.7 Å². The first-order chi connectivity index (χ1) is 11.7. The summed E-state index contributed by atoms with van der Waals surface area (Å²) in [5.41, 5.74) is 3.39. The molecule has 5 heteroatoms. The standard InChI is InChI=1S/C19H20N2O3/c1-2-24-16-8-4-7-13-11-5-3-6-12(11)17(21-18(13)16)14-9-10-15(20-14)19(22)23/h3-5,7-12,17,20-21H,2,6H2,1H3,(H,22,23)/t11-,12+,17-/m1/s1. The van der Waals surface area contributed by atoms with E-state index < -0.39 is 5.97 Å². The summed E-state index contributed by atoms with van der Waals surface area (Å²) in [5, 5.41) is 12.8. The van der Waals surface area contributed by atoms with Crippen molar-refractivity contribution < 1.29 is 14.6 Å². The molecule has 0 fully saturated rings. The summed E-state index contributed by atoms with van der Waals surface area (Å²) in [6, 6.07) is 9.68. The Labute approximate surface area is 140 Å².